The highest BCUT2D eigenvalue weighted by molar-refractivity contribution is 5.92. The number of ether oxygens (including phenoxy) is 2. The van der Waals surface area contributed by atoms with Crippen molar-refractivity contribution in [3.05, 3.63) is 39.9 Å². The predicted octanol–water partition coefficient (Wildman–Crippen LogP) is 1.66. The highest BCUT2D eigenvalue weighted by Gasteiger charge is 2.35. The maximum atomic E-state index is 12.7. The Hall–Kier alpha value is -3.70. The Bertz CT molecular complexity index is 926. The second-order valence-electron chi connectivity index (χ2n) is 8.86. The van der Waals surface area contributed by atoms with Crippen LogP contribution in [0.3, 0.4) is 0 Å². The molecule has 2 atom stereocenters. The van der Waals surface area contributed by atoms with Gasteiger partial charge < -0.3 is 25.0 Å². The molecule has 1 heterocycles. The summed E-state index contributed by atoms with van der Waals surface area (Å²) in [7, 11) is 0. The van der Waals surface area contributed by atoms with Crippen molar-refractivity contribution in [2.24, 2.45) is 0 Å². The van der Waals surface area contributed by atoms with Crippen molar-refractivity contribution in [3.63, 3.8) is 0 Å². The predicted molar refractivity (Wildman–Crippen MR) is 119 cm³/mol. The molecular weight excluding hydrogens is 448 g/mol. The van der Waals surface area contributed by atoms with Crippen LogP contribution in [0.4, 0.5) is 10.5 Å². The van der Waals surface area contributed by atoms with E-state index in [4.69, 9.17) is 9.47 Å². The van der Waals surface area contributed by atoms with Crippen LogP contribution in [-0.4, -0.2) is 64.5 Å². The molecule has 2 rings (SSSR count). The fourth-order valence-corrected chi connectivity index (χ4v) is 3.26. The van der Waals surface area contributed by atoms with E-state index in [0.717, 1.165) is 0 Å². The fourth-order valence-electron chi connectivity index (χ4n) is 3.26. The molecule has 0 unspecified atom stereocenters. The summed E-state index contributed by atoms with van der Waals surface area (Å²) in [4.78, 5) is 60.8. The lowest BCUT2D eigenvalue weighted by Gasteiger charge is -2.25. The Morgan fingerprint density at radius 3 is 2.44 bits per heavy atom. The van der Waals surface area contributed by atoms with Gasteiger partial charge in [0.1, 0.15) is 30.8 Å². The summed E-state index contributed by atoms with van der Waals surface area (Å²) in [6.45, 7) is 6.49. The molecule has 0 saturated carbocycles. The number of nitro benzene ring substituents is 1. The SMILES string of the molecule is C[C@H](NC(=O)[C@@H]1CCCN1C(=O)CNC(=O)OC(C)(C)C)C(=O)OCc1ccc([N+](=O)[O-])cc1. The van der Waals surface area contributed by atoms with E-state index in [1.165, 1.54) is 36.1 Å². The van der Waals surface area contributed by atoms with Gasteiger partial charge in [-0.3, -0.25) is 19.7 Å². The normalized spacial score (nSPS) is 16.4. The fraction of sp³-hybridized carbons (Fsp3) is 0.545. The van der Waals surface area contributed by atoms with Crippen LogP contribution < -0.4 is 10.6 Å². The first-order chi connectivity index (χ1) is 15.9. The van der Waals surface area contributed by atoms with Crippen LogP contribution in [0.1, 0.15) is 46.1 Å². The molecule has 1 aliphatic heterocycles. The van der Waals surface area contributed by atoms with Crippen LogP contribution in [0.5, 0.6) is 0 Å². The maximum Gasteiger partial charge on any atom is 0.408 e. The van der Waals surface area contributed by atoms with Crippen LogP contribution in [-0.2, 0) is 30.5 Å². The lowest BCUT2D eigenvalue weighted by Crippen LogP contribution is -2.52. The third-order valence-electron chi connectivity index (χ3n) is 4.90. The number of hydrogen-bond donors (Lipinski definition) is 2. The van der Waals surface area contributed by atoms with Gasteiger partial charge in [-0.15, -0.1) is 0 Å². The molecule has 34 heavy (non-hydrogen) atoms. The number of nitro groups is 1. The van der Waals surface area contributed by atoms with Gasteiger partial charge in [-0.2, -0.15) is 0 Å². The van der Waals surface area contributed by atoms with E-state index in [-0.39, 0.29) is 18.8 Å². The van der Waals surface area contributed by atoms with Gasteiger partial charge in [0.15, 0.2) is 0 Å². The molecule has 12 heteroatoms. The first-order valence-electron chi connectivity index (χ1n) is 10.8. The van der Waals surface area contributed by atoms with Crippen molar-refractivity contribution in [2.45, 2.75) is 64.8 Å². The zero-order valence-corrected chi connectivity index (χ0v) is 19.7. The third-order valence-corrected chi connectivity index (χ3v) is 4.90. The number of hydrogen-bond acceptors (Lipinski definition) is 8. The molecule has 1 aromatic carbocycles. The summed E-state index contributed by atoms with van der Waals surface area (Å²) in [5.41, 5.74) is -0.220. The zero-order chi connectivity index (χ0) is 25.5. The summed E-state index contributed by atoms with van der Waals surface area (Å²) >= 11 is 0. The molecule has 0 aromatic heterocycles. The van der Waals surface area contributed by atoms with Crippen LogP contribution in [0.2, 0.25) is 0 Å². The smallest absolute Gasteiger partial charge is 0.408 e. The average Bonchev–Trinajstić information content (AvgIpc) is 3.25. The van der Waals surface area contributed by atoms with E-state index >= 15 is 0 Å². The lowest BCUT2D eigenvalue weighted by atomic mass is 10.2. The van der Waals surface area contributed by atoms with Crippen LogP contribution in [0.15, 0.2) is 24.3 Å². The quantitative estimate of drug-likeness (QED) is 0.324. The molecule has 0 radical (unpaired) electrons. The lowest BCUT2D eigenvalue weighted by molar-refractivity contribution is -0.384. The Morgan fingerprint density at radius 2 is 1.85 bits per heavy atom. The molecule has 12 nitrogen and oxygen atoms in total. The third kappa shape index (κ3) is 8.01. The second-order valence-corrected chi connectivity index (χ2v) is 8.86. The highest BCUT2D eigenvalue weighted by atomic mass is 16.6. The molecule has 1 aliphatic rings. The summed E-state index contributed by atoms with van der Waals surface area (Å²) in [5, 5.41) is 15.6. The van der Waals surface area contributed by atoms with Crippen molar-refractivity contribution in [1.82, 2.24) is 15.5 Å². The van der Waals surface area contributed by atoms with Gasteiger partial charge in [-0.25, -0.2) is 9.59 Å². The Balaban J connectivity index is 1.83. The standard InChI is InChI=1S/C22H30N4O8/c1-14(20(29)33-13-15-7-9-16(10-8-15)26(31)32)24-19(28)17-6-5-11-25(17)18(27)12-23-21(30)34-22(2,3)4/h7-10,14,17H,5-6,11-13H2,1-4H3,(H,23,30)(H,24,28)/t14-,17-/m0/s1. The van der Waals surface area contributed by atoms with Gasteiger partial charge in [0.2, 0.25) is 11.8 Å². The van der Waals surface area contributed by atoms with Crippen molar-refractivity contribution in [1.29, 1.82) is 0 Å². The number of carbonyl (C=O) groups is 4. The topological polar surface area (TPSA) is 157 Å². The largest absolute Gasteiger partial charge is 0.459 e. The molecule has 3 amide bonds. The number of esters is 1. The van der Waals surface area contributed by atoms with Crippen molar-refractivity contribution in [2.75, 3.05) is 13.1 Å². The van der Waals surface area contributed by atoms with Gasteiger partial charge in [0.25, 0.3) is 5.69 Å². The summed E-state index contributed by atoms with van der Waals surface area (Å²) < 4.78 is 10.3. The molecule has 1 aromatic rings. The van der Waals surface area contributed by atoms with Gasteiger partial charge in [0.05, 0.1) is 4.92 Å². The van der Waals surface area contributed by atoms with E-state index in [1.54, 1.807) is 20.8 Å². The molecule has 0 spiro atoms. The van der Waals surface area contributed by atoms with Gasteiger partial charge in [-0.05, 0) is 58.2 Å². The number of amides is 3. The number of nitrogens with one attached hydrogen (secondary N) is 2. The second kappa shape index (κ2) is 11.4. The highest BCUT2D eigenvalue weighted by Crippen LogP contribution is 2.18. The van der Waals surface area contributed by atoms with E-state index in [0.29, 0.717) is 24.9 Å². The van der Waals surface area contributed by atoms with Crippen LogP contribution in [0, 0.1) is 10.1 Å². The molecule has 1 fully saturated rings. The average molecular weight is 479 g/mol. The van der Waals surface area contributed by atoms with E-state index in [2.05, 4.69) is 10.6 Å². The van der Waals surface area contributed by atoms with Crippen molar-refractivity contribution >= 4 is 29.6 Å². The molecule has 186 valence electrons. The number of likely N-dealkylation sites (tertiary alicyclic amines) is 1. The molecule has 2 N–H and O–H groups in total. The minimum atomic E-state index is -0.969. The zero-order valence-electron chi connectivity index (χ0n) is 19.7. The number of rotatable bonds is 8. The Kier molecular flexibility index (Phi) is 8.93. The monoisotopic (exact) mass is 478 g/mol. The minimum absolute atomic E-state index is 0.0762. The van der Waals surface area contributed by atoms with E-state index in [1.807, 2.05) is 0 Å². The molecule has 0 bridgehead atoms. The van der Waals surface area contributed by atoms with Gasteiger partial charge in [0, 0.05) is 18.7 Å². The van der Waals surface area contributed by atoms with Crippen LogP contribution >= 0.6 is 0 Å². The molecule has 1 saturated heterocycles. The minimum Gasteiger partial charge on any atom is -0.459 e. The molecule has 0 aliphatic carbocycles. The number of nitrogens with zero attached hydrogens (tertiary/aromatic N) is 2. The van der Waals surface area contributed by atoms with Crippen molar-refractivity contribution in [3.8, 4) is 0 Å². The van der Waals surface area contributed by atoms with Crippen LogP contribution in [0.25, 0.3) is 0 Å². The Morgan fingerprint density at radius 1 is 1.21 bits per heavy atom. The maximum absolute atomic E-state index is 12.7. The molecular formula is C22H30N4O8. The summed E-state index contributed by atoms with van der Waals surface area (Å²) in [6.07, 6.45) is 0.300. The number of non-ortho nitro benzene ring substituents is 1. The first kappa shape index (κ1) is 26.6. The Labute approximate surface area is 197 Å². The van der Waals surface area contributed by atoms with Gasteiger partial charge >= 0.3 is 12.1 Å². The summed E-state index contributed by atoms with van der Waals surface area (Å²) in [5.74, 6) is -1.62. The van der Waals surface area contributed by atoms with E-state index in [9.17, 15) is 29.3 Å². The van der Waals surface area contributed by atoms with Gasteiger partial charge in [-0.1, -0.05) is 0 Å². The first-order valence-corrected chi connectivity index (χ1v) is 10.8. The number of alkyl carbamates (subject to hydrolysis) is 1. The summed E-state index contributed by atoms with van der Waals surface area (Å²) in [6, 6.07) is 3.82. The van der Waals surface area contributed by atoms with Crippen molar-refractivity contribution < 1.29 is 33.6 Å². The van der Waals surface area contributed by atoms with E-state index < -0.39 is 46.5 Å². The number of carbonyl (C=O) groups excluding carboxylic acids is 4. The number of benzene rings is 1.